The van der Waals surface area contributed by atoms with Crippen molar-refractivity contribution in [1.82, 2.24) is 4.72 Å². The number of anilines is 3. The zero-order chi connectivity index (χ0) is 20.0. The highest BCUT2D eigenvalue weighted by Gasteiger charge is 2.19. The van der Waals surface area contributed by atoms with Gasteiger partial charge in [0.2, 0.25) is 10.0 Å². The molecule has 0 radical (unpaired) electrons. The van der Waals surface area contributed by atoms with Gasteiger partial charge in [-0.1, -0.05) is 24.6 Å². The van der Waals surface area contributed by atoms with Gasteiger partial charge in [-0.15, -0.1) is 0 Å². The van der Waals surface area contributed by atoms with E-state index in [9.17, 15) is 8.42 Å². The molecule has 0 amide bonds. The first-order chi connectivity index (χ1) is 13.5. The lowest BCUT2D eigenvalue weighted by Gasteiger charge is -2.20. The van der Waals surface area contributed by atoms with Crippen LogP contribution < -0.4 is 14.9 Å². The average molecular weight is 402 g/mol. The molecule has 0 fully saturated rings. The number of benzene rings is 2. The van der Waals surface area contributed by atoms with Crippen molar-refractivity contribution in [1.29, 1.82) is 0 Å². The first-order valence-corrected chi connectivity index (χ1v) is 11.7. The van der Waals surface area contributed by atoms with Crippen molar-refractivity contribution in [3.05, 3.63) is 54.1 Å². The van der Waals surface area contributed by atoms with Gasteiger partial charge in [0.15, 0.2) is 0 Å². The summed E-state index contributed by atoms with van der Waals surface area (Å²) in [5.41, 5.74) is 5.08. The standard InChI is InChI=1S/C22H31N3O2S/c1-18(2)28(26,27)24-16-7-3-6-15-23-20-10-12-21(13-11-20)25-17-14-19-8-4-5-9-22(19)25/h4-5,8-13,18,23-24H,3,6-7,14-17H2,1-2H3. The largest absolute Gasteiger partial charge is 0.385 e. The highest BCUT2D eigenvalue weighted by atomic mass is 32.2. The summed E-state index contributed by atoms with van der Waals surface area (Å²) in [5.74, 6) is 0. The fourth-order valence-corrected chi connectivity index (χ4v) is 4.17. The molecule has 0 aliphatic carbocycles. The number of nitrogens with zero attached hydrogens (tertiary/aromatic N) is 1. The molecule has 1 heterocycles. The van der Waals surface area contributed by atoms with Crippen LogP contribution in [0.15, 0.2) is 48.5 Å². The molecular formula is C22H31N3O2S. The van der Waals surface area contributed by atoms with Crippen molar-refractivity contribution in [2.75, 3.05) is 29.9 Å². The van der Waals surface area contributed by atoms with Gasteiger partial charge in [-0.05, 0) is 69.0 Å². The molecule has 5 nitrogen and oxygen atoms in total. The number of unbranched alkanes of at least 4 members (excludes halogenated alkanes) is 2. The summed E-state index contributed by atoms with van der Waals surface area (Å²) in [6.07, 6.45) is 3.98. The summed E-state index contributed by atoms with van der Waals surface area (Å²) in [7, 11) is -3.13. The molecule has 3 rings (SSSR count). The van der Waals surface area contributed by atoms with E-state index in [0.29, 0.717) is 6.54 Å². The number of sulfonamides is 1. The van der Waals surface area contributed by atoms with Gasteiger partial charge in [-0.2, -0.15) is 0 Å². The minimum Gasteiger partial charge on any atom is -0.385 e. The number of nitrogens with one attached hydrogen (secondary N) is 2. The first kappa shape index (κ1) is 20.7. The van der Waals surface area contributed by atoms with E-state index in [0.717, 1.165) is 44.5 Å². The molecule has 0 aromatic heterocycles. The van der Waals surface area contributed by atoms with Crippen molar-refractivity contribution in [3.63, 3.8) is 0 Å². The molecule has 0 spiro atoms. The molecule has 2 aromatic rings. The van der Waals surface area contributed by atoms with E-state index in [1.54, 1.807) is 13.8 Å². The van der Waals surface area contributed by atoms with Crippen LogP contribution >= 0.6 is 0 Å². The van der Waals surface area contributed by atoms with Crippen LogP contribution in [0, 0.1) is 0 Å². The van der Waals surface area contributed by atoms with Crippen LogP contribution in [-0.4, -0.2) is 33.3 Å². The Labute approximate surface area is 169 Å². The van der Waals surface area contributed by atoms with Crippen molar-refractivity contribution in [2.45, 2.75) is 44.8 Å². The second-order valence-corrected chi connectivity index (χ2v) is 9.87. The number of rotatable bonds is 10. The summed E-state index contributed by atoms with van der Waals surface area (Å²) in [6, 6.07) is 17.2. The number of para-hydroxylation sites is 1. The van der Waals surface area contributed by atoms with Gasteiger partial charge >= 0.3 is 0 Å². The van der Waals surface area contributed by atoms with Gasteiger partial charge in [0.25, 0.3) is 0 Å². The Balaban J connectivity index is 1.38. The fourth-order valence-electron chi connectivity index (χ4n) is 3.41. The molecule has 1 aliphatic rings. The highest BCUT2D eigenvalue weighted by molar-refractivity contribution is 7.90. The van der Waals surface area contributed by atoms with Gasteiger partial charge < -0.3 is 10.2 Å². The molecule has 28 heavy (non-hydrogen) atoms. The van der Waals surface area contributed by atoms with Crippen LogP contribution in [0.25, 0.3) is 0 Å². The quantitative estimate of drug-likeness (QED) is 0.583. The summed E-state index contributed by atoms with van der Waals surface area (Å²) in [6.45, 7) is 5.84. The van der Waals surface area contributed by atoms with Crippen LogP contribution in [0.3, 0.4) is 0 Å². The maximum atomic E-state index is 11.7. The second kappa shape index (κ2) is 9.43. The lowest BCUT2D eigenvalue weighted by atomic mass is 10.2. The minimum absolute atomic E-state index is 0.369. The Morgan fingerprint density at radius 2 is 1.68 bits per heavy atom. The number of fused-ring (bicyclic) bond motifs is 1. The third-order valence-corrected chi connectivity index (χ3v) is 7.02. The van der Waals surface area contributed by atoms with Crippen LogP contribution in [0.5, 0.6) is 0 Å². The monoisotopic (exact) mass is 401 g/mol. The Kier molecular flexibility index (Phi) is 6.97. The first-order valence-electron chi connectivity index (χ1n) is 10.2. The van der Waals surface area contributed by atoms with E-state index in [4.69, 9.17) is 0 Å². The minimum atomic E-state index is -3.13. The van der Waals surface area contributed by atoms with Gasteiger partial charge in [0.05, 0.1) is 5.25 Å². The van der Waals surface area contributed by atoms with E-state index in [-0.39, 0.29) is 5.25 Å². The smallest absolute Gasteiger partial charge is 0.213 e. The van der Waals surface area contributed by atoms with Crippen molar-refractivity contribution >= 4 is 27.1 Å². The molecule has 2 N–H and O–H groups in total. The second-order valence-electron chi connectivity index (χ2n) is 7.55. The molecule has 0 saturated carbocycles. The van der Waals surface area contributed by atoms with E-state index in [1.807, 2.05) is 0 Å². The van der Waals surface area contributed by atoms with Crippen LogP contribution in [0.4, 0.5) is 17.1 Å². The van der Waals surface area contributed by atoms with E-state index < -0.39 is 10.0 Å². The zero-order valence-corrected chi connectivity index (χ0v) is 17.6. The van der Waals surface area contributed by atoms with E-state index in [1.165, 1.54) is 16.9 Å². The Bertz CT molecular complexity index is 864. The third kappa shape index (κ3) is 5.26. The van der Waals surface area contributed by atoms with Crippen molar-refractivity contribution < 1.29 is 8.42 Å². The lowest BCUT2D eigenvalue weighted by Crippen LogP contribution is -2.31. The summed E-state index contributed by atoms with van der Waals surface area (Å²) >= 11 is 0. The normalized spacial score (nSPS) is 13.8. The van der Waals surface area contributed by atoms with Crippen LogP contribution in [-0.2, 0) is 16.4 Å². The Morgan fingerprint density at radius 3 is 2.43 bits per heavy atom. The van der Waals surface area contributed by atoms with Crippen LogP contribution in [0.2, 0.25) is 0 Å². The fraction of sp³-hybridized carbons (Fsp3) is 0.455. The molecule has 0 unspecified atom stereocenters. The van der Waals surface area contributed by atoms with Gasteiger partial charge in [-0.25, -0.2) is 13.1 Å². The zero-order valence-electron chi connectivity index (χ0n) is 16.8. The maximum Gasteiger partial charge on any atom is 0.213 e. The van der Waals surface area contributed by atoms with Gasteiger partial charge in [-0.3, -0.25) is 0 Å². The van der Waals surface area contributed by atoms with E-state index >= 15 is 0 Å². The molecule has 0 bridgehead atoms. The molecule has 152 valence electrons. The summed E-state index contributed by atoms with van der Waals surface area (Å²) in [4.78, 5) is 2.37. The molecule has 2 aromatic carbocycles. The predicted octanol–water partition coefficient (Wildman–Crippen LogP) is 4.29. The van der Waals surface area contributed by atoms with Crippen LogP contribution in [0.1, 0.15) is 38.7 Å². The molecule has 6 heteroatoms. The molecule has 0 atom stereocenters. The Morgan fingerprint density at radius 1 is 0.964 bits per heavy atom. The summed E-state index contributed by atoms with van der Waals surface area (Å²) in [5, 5.41) is 3.08. The van der Waals surface area contributed by atoms with Gasteiger partial charge in [0, 0.05) is 36.7 Å². The summed E-state index contributed by atoms with van der Waals surface area (Å²) < 4.78 is 26.0. The lowest BCUT2D eigenvalue weighted by molar-refractivity contribution is 0.566. The van der Waals surface area contributed by atoms with E-state index in [2.05, 4.69) is 63.5 Å². The third-order valence-electron chi connectivity index (χ3n) is 5.17. The Hall–Kier alpha value is -2.05. The van der Waals surface area contributed by atoms with Gasteiger partial charge in [0.1, 0.15) is 0 Å². The molecule has 1 aliphatic heterocycles. The molecule has 0 saturated heterocycles. The average Bonchev–Trinajstić information content (AvgIpc) is 3.12. The predicted molar refractivity (Wildman–Crippen MR) is 118 cm³/mol. The maximum absolute atomic E-state index is 11.7. The SMILES string of the molecule is CC(C)S(=O)(=O)NCCCCCNc1ccc(N2CCc3ccccc32)cc1. The topological polar surface area (TPSA) is 61.4 Å². The van der Waals surface area contributed by atoms with Crippen molar-refractivity contribution in [2.24, 2.45) is 0 Å². The number of hydrogen-bond donors (Lipinski definition) is 2. The van der Waals surface area contributed by atoms with Crippen molar-refractivity contribution in [3.8, 4) is 0 Å². The molecular weight excluding hydrogens is 370 g/mol. The number of hydrogen-bond acceptors (Lipinski definition) is 4. The highest BCUT2D eigenvalue weighted by Crippen LogP contribution is 2.34.